The van der Waals surface area contributed by atoms with Crippen LogP contribution in [-0.4, -0.2) is 49.0 Å². The summed E-state index contributed by atoms with van der Waals surface area (Å²) in [4.78, 5) is 2.23. The summed E-state index contributed by atoms with van der Waals surface area (Å²) in [5.74, 6) is 0. The third-order valence-electron chi connectivity index (χ3n) is 2.08. The Hall–Kier alpha value is -0.120. The average Bonchev–Trinajstić information content (AvgIpc) is 2.34. The Balaban J connectivity index is 2.19. The summed E-state index contributed by atoms with van der Waals surface area (Å²) in [6.45, 7) is 4.63. The molecule has 0 radical (unpaired) electrons. The number of hydrogen-bond donors (Lipinski definition) is 1. The van der Waals surface area contributed by atoms with E-state index in [2.05, 4.69) is 4.90 Å². The molecule has 11 heavy (non-hydrogen) atoms. The van der Waals surface area contributed by atoms with Crippen molar-refractivity contribution < 1.29 is 9.84 Å². The van der Waals surface area contributed by atoms with Gasteiger partial charge >= 0.3 is 0 Å². The third kappa shape index (κ3) is 2.77. The van der Waals surface area contributed by atoms with Gasteiger partial charge in [-0.2, -0.15) is 0 Å². The fourth-order valence-electron chi connectivity index (χ4n) is 1.53. The minimum absolute atomic E-state index is 0.217. The maximum atomic E-state index is 9.09. The lowest BCUT2D eigenvalue weighted by Crippen LogP contribution is -2.29. The molecule has 3 nitrogen and oxygen atoms in total. The van der Waals surface area contributed by atoms with E-state index in [4.69, 9.17) is 9.84 Å². The molecule has 0 amide bonds. The number of rotatable bonds is 3. The van der Waals surface area contributed by atoms with Crippen molar-refractivity contribution in [2.75, 3.05) is 26.7 Å². The second-order valence-electron chi connectivity index (χ2n) is 3.25. The summed E-state index contributed by atoms with van der Waals surface area (Å²) in [5.41, 5.74) is 0. The summed E-state index contributed by atoms with van der Waals surface area (Å²) < 4.78 is 5.20. The zero-order valence-corrected chi connectivity index (χ0v) is 7.29. The molecule has 1 saturated heterocycles. The van der Waals surface area contributed by atoms with Gasteiger partial charge in [0.1, 0.15) is 0 Å². The molecular weight excluding hydrogens is 142 g/mol. The van der Waals surface area contributed by atoms with Gasteiger partial charge in [-0.15, -0.1) is 0 Å². The van der Waals surface area contributed by atoms with E-state index in [0.717, 1.165) is 26.1 Å². The molecule has 1 rings (SSSR count). The van der Waals surface area contributed by atoms with Crippen LogP contribution in [0.1, 0.15) is 13.3 Å². The maximum absolute atomic E-state index is 9.09. The Labute approximate surface area is 68.0 Å². The molecule has 1 N–H and O–H groups in total. The van der Waals surface area contributed by atoms with E-state index in [9.17, 15) is 0 Å². The van der Waals surface area contributed by atoms with Gasteiger partial charge < -0.3 is 9.84 Å². The summed E-state index contributed by atoms with van der Waals surface area (Å²) in [6.07, 6.45) is 1.27. The van der Waals surface area contributed by atoms with Crippen LogP contribution in [0.4, 0.5) is 0 Å². The fraction of sp³-hybridized carbons (Fsp3) is 1.00. The van der Waals surface area contributed by atoms with Crippen LogP contribution in [0.3, 0.4) is 0 Å². The van der Waals surface area contributed by atoms with E-state index < -0.39 is 0 Å². The molecule has 66 valence electrons. The fourth-order valence-corrected chi connectivity index (χ4v) is 1.53. The van der Waals surface area contributed by atoms with Crippen LogP contribution in [0, 0.1) is 0 Å². The molecule has 1 unspecified atom stereocenters. The van der Waals surface area contributed by atoms with E-state index >= 15 is 0 Å². The van der Waals surface area contributed by atoms with Gasteiger partial charge in [-0.3, -0.25) is 4.90 Å². The van der Waals surface area contributed by atoms with Gasteiger partial charge in [0.2, 0.25) is 0 Å². The lowest BCUT2D eigenvalue weighted by molar-refractivity contribution is 0.0945. The lowest BCUT2D eigenvalue weighted by atomic mass is 10.3. The number of aliphatic hydroxyl groups is 1. The summed E-state index contributed by atoms with van der Waals surface area (Å²) in [5, 5.41) is 9.09. The Morgan fingerprint density at radius 2 is 2.45 bits per heavy atom. The minimum atomic E-state index is -0.217. The SMILES string of the molecule is COC1CCN(C[C@@H](C)O)C1. The average molecular weight is 159 g/mol. The van der Waals surface area contributed by atoms with Crippen molar-refractivity contribution >= 4 is 0 Å². The van der Waals surface area contributed by atoms with E-state index in [0.29, 0.717) is 6.10 Å². The molecule has 2 atom stereocenters. The van der Waals surface area contributed by atoms with E-state index in [-0.39, 0.29) is 6.10 Å². The van der Waals surface area contributed by atoms with Crippen LogP contribution in [0.25, 0.3) is 0 Å². The molecule has 0 aromatic carbocycles. The summed E-state index contributed by atoms with van der Waals surface area (Å²) in [6, 6.07) is 0. The lowest BCUT2D eigenvalue weighted by Gasteiger charge is -2.16. The number of aliphatic hydroxyl groups excluding tert-OH is 1. The minimum Gasteiger partial charge on any atom is -0.392 e. The van der Waals surface area contributed by atoms with Gasteiger partial charge in [-0.1, -0.05) is 0 Å². The summed E-state index contributed by atoms with van der Waals surface area (Å²) in [7, 11) is 1.75. The zero-order valence-electron chi connectivity index (χ0n) is 7.29. The number of β-amino-alcohol motifs (C(OH)–C–C–N with tert-alkyl or cyclic N) is 1. The highest BCUT2D eigenvalue weighted by Gasteiger charge is 2.22. The second kappa shape index (κ2) is 4.04. The first-order valence-electron chi connectivity index (χ1n) is 4.15. The second-order valence-corrected chi connectivity index (χ2v) is 3.25. The van der Waals surface area contributed by atoms with Crippen molar-refractivity contribution in [2.24, 2.45) is 0 Å². The van der Waals surface area contributed by atoms with Crippen LogP contribution >= 0.6 is 0 Å². The van der Waals surface area contributed by atoms with Crippen molar-refractivity contribution in [2.45, 2.75) is 25.6 Å². The first kappa shape index (κ1) is 8.97. The van der Waals surface area contributed by atoms with Gasteiger partial charge in [-0.05, 0) is 13.3 Å². The highest BCUT2D eigenvalue weighted by Crippen LogP contribution is 2.11. The van der Waals surface area contributed by atoms with Gasteiger partial charge in [-0.25, -0.2) is 0 Å². The number of methoxy groups -OCH3 is 1. The molecule has 1 aliphatic rings. The molecule has 1 heterocycles. The Morgan fingerprint density at radius 1 is 1.73 bits per heavy atom. The quantitative estimate of drug-likeness (QED) is 0.633. The molecule has 0 aliphatic carbocycles. The molecule has 0 spiro atoms. The third-order valence-corrected chi connectivity index (χ3v) is 2.08. The molecule has 1 aliphatic heterocycles. The first-order chi connectivity index (χ1) is 5.22. The van der Waals surface area contributed by atoms with Crippen LogP contribution in [-0.2, 0) is 4.74 Å². The van der Waals surface area contributed by atoms with E-state index in [1.807, 2.05) is 6.92 Å². The number of ether oxygens (including phenoxy) is 1. The first-order valence-corrected chi connectivity index (χ1v) is 4.15. The largest absolute Gasteiger partial charge is 0.392 e. The standard InChI is InChI=1S/C8H17NO2/c1-7(10)5-9-4-3-8(6-9)11-2/h7-8,10H,3-6H2,1-2H3/t7-,8?/m1/s1. The molecule has 0 bridgehead atoms. The molecule has 0 saturated carbocycles. The Kier molecular flexibility index (Phi) is 3.30. The zero-order chi connectivity index (χ0) is 8.27. The predicted octanol–water partition coefficient (Wildman–Crippen LogP) is 0.0879. The molecular formula is C8H17NO2. The normalized spacial score (nSPS) is 29.2. The smallest absolute Gasteiger partial charge is 0.0710 e. The summed E-state index contributed by atoms with van der Waals surface area (Å²) >= 11 is 0. The van der Waals surface area contributed by atoms with Gasteiger partial charge in [0, 0.05) is 26.7 Å². The van der Waals surface area contributed by atoms with Crippen LogP contribution in [0.5, 0.6) is 0 Å². The highest BCUT2D eigenvalue weighted by molar-refractivity contribution is 4.76. The van der Waals surface area contributed by atoms with Gasteiger partial charge in [0.15, 0.2) is 0 Å². The monoisotopic (exact) mass is 159 g/mol. The van der Waals surface area contributed by atoms with Crippen LogP contribution in [0.2, 0.25) is 0 Å². The number of hydrogen-bond acceptors (Lipinski definition) is 3. The van der Waals surface area contributed by atoms with E-state index in [1.165, 1.54) is 0 Å². The van der Waals surface area contributed by atoms with Crippen molar-refractivity contribution in [1.82, 2.24) is 4.90 Å². The van der Waals surface area contributed by atoms with Crippen molar-refractivity contribution in [1.29, 1.82) is 0 Å². The highest BCUT2D eigenvalue weighted by atomic mass is 16.5. The van der Waals surface area contributed by atoms with Crippen LogP contribution < -0.4 is 0 Å². The topological polar surface area (TPSA) is 32.7 Å². The molecule has 1 fully saturated rings. The Morgan fingerprint density at radius 3 is 2.91 bits per heavy atom. The van der Waals surface area contributed by atoms with Crippen LogP contribution in [0.15, 0.2) is 0 Å². The molecule has 0 aromatic rings. The Bertz CT molecular complexity index is 117. The molecule has 3 heteroatoms. The van der Waals surface area contributed by atoms with Gasteiger partial charge in [0.05, 0.1) is 12.2 Å². The van der Waals surface area contributed by atoms with Gasteiger partial charge in [0.25, 0.3) is 0 Å². The predicted molar refractivity (Wildman–Crippen MR) is 43.5 cm³/mol. The number of nitrogens with zero attached hydrogens (tertiary/aromatic N) is 1. The maximum Gasteiger partial charge on any atom is 0.0710 e. The van der Waals surface area contributed by atoms with Crippen molar-refractivity contribution in [3.8, 4) is 0 Å². The number of likely N-dealkylation sites (tertiary alicyclic amines) is 1. The van der Waals surface area contributed by atoms with E-state index in [1.54, 1.807) is 7.11 Å². The van der Waals surface area contributed by atoms with Crippen molar-refractivity contribution in [3.05, 3.63) is 0 Å². The van der Waals surface area contributed by atoms with Crippen molar-refractivity contribution in [3.63, 3.8) is 0 Å². The molecule has 0 aromatic heterocycles.